The average Bonchev–Trinajstić information content (AvgIpc) is 2.24. The third kappa shape index (κ3) is 8.60. The molecule has 0 saturated carbocycles. The van der Waals surface area contributed by atoms with E-state index in [0.29, 0.717) is 13.2 Å². The number of amides is 1. The number of ether oxygens (including phenoxy) is 2. The highest BCUT2D eigenvalue weighted by Gasteiger charge is 2.07. The Hall–Kier alpha value is -0.700. The Morgan fingerprint density at radius 1 is 1.31 bits per heavy atom. The lowest BCUT2D eigenvalue weighted by Gasteiger charge is -2.06. The van der Waals surface area contributed by atoms with Gasteiger partial charge in [0.1, 0.15) is 6.61 Å². The molecular weight excluding hydrogens is 236 g/mol. The highest BCUT2D eigenvalue weighted by atomic mass is 32.2. The maximum atomic E-state index is 11.1. The molecule has 0 bridgehead atoms. The van der Waals surface area contributed by atoms with Crippen molar-refractivity contribution in [2.24, 2.45) is 0 Å². The molecule has 0 saturated heterocycles. The van der Waals surface area contributed by atoms with Crippen molar-refractivity contribution in [2.45, 2.75) is 0 Å². The molecule has 0 atom stereocenters. The number of carbonyl (C=O) groups is 1. The van der Waals surface area contributed by atoms with Crippen LogP contribution in [0.1, 0.15) is 0 Å². The molecule has 0 aliphatic carbocycles. The van der Waals surface area contributed by atoms with Crippen LogP contribution in [0.3, 0.4) is 0 Å². The van der Waals surface area contributed by atoms with Crippen LogP contribution in [0.25, 0.3) is 0 Å². The van der Waals surface area contributed by atoms with Crippen LogP contribution < -0.4 is 10.0 Å². The zero-order chi connectivity index (χ0) is 12.4. The standard InChI is InChI=1S/C8H18N2O5S/c1-9-16(12,13)6-3-10-8(11)7-15-5-4-14-2/h9H,3-7H2,1-2H3,(H,10,11). The van der Waals surface area contributed by atoms with Gasteiger partial charge in [-0.1, -0.05) is 0 Å². The molecule has 0 radical (unpaired) electrons. The summed E-state index contributed by atoms with van der Waals surface area (Å²) < 4.78 is 33.8. The number of carbonyl (C=O) groups excluding carboxylic acids is 1. The molecule has 8 heteroatoms. The van der Waals surface area contributed by atoms with Crippen LogP contribution in [0.15, 0.2) is 0 Å². The van der Waals surface area contributed by atoms with Gasteiger partial charge in [0.05, 0.1) is 19.0 Å². The van der Waals surface area contributed by atoms with Crippen molar-refractivity contribution in [2.75, 3.05) is 46.3 Å². The second-order valence-corrected chi connectivity index (χ2v) is 4.96. The van der Waals surface area contributed by atoms with Crippen molar-refractivity contribution < 1.29 is 22.7 Å². The van der Waals surface area contributed by atoms with E-state index in [9.17, 15) is 13.2 Å². The summed E-state index contributed by atoms with van der Waals surface area (Å²) in [6, 6.07) is 0. The third-order valence-electron chi connectivity index (χ3n) is 1.67. The van der Waals surface area contributed by atoms with E-state index in [1.54, 1.807) is 0 Å². The highest BCUT2D eigenvalue weighted by molar-refractivity contribution is 7.89. The molecule has 7 nitrogen and oxygen atoms in total. The van der Waals surface area contributed by atoms with Crippen molar-refractivity contribution in [3.05, 3.63) is 0 Å². The molecular formula is C8H18N2O5S. The van der Waals surface area contributed by atoms with Gasteiger partial charge in [0.2, 0.25) is 15.9 Å². The van der Waals surface area contributed by atoms with E-state index in [0.717, 1.165) is 0 Å². The van der Waals surface area contributed by atoms with Crippen molar-refractivity contribution in [3.63, 3.8) is 0 Å². The Labute approximate surface area is 95.5 Å². The van der Waals surface area contributed by atoms with E-state index < -0.39 is 10.0 Å². The van der Waals surface area contributed by atoms with E-state index in [4.69, 9.17) is 9.47 Å². The lowest BCUT2D eigenvalue weighted by atomic mass is 10.6. The quantitative estimate of drug-likeness (QED) is 0.479. The van der Waals surface area contributed by atoms with Crippen LogP contribution in [-0.2, 0) is 24.3 Å². The predicted octanol–water partition coefficient (Wildman–Crippen LogP) is -1.69. The largest absolute Gasteiger partial charge is 0.382 e. The van der Waals surface area contributed by atoms with Crippen LogP contribution in [0.5, 0.6) is 0 Å². The van der Waals surface area contributed by atoms with Gasteiger partial charge >= 0.3 is 0 Å². The van der Waals surface area contributed by atoms with Gasteiger partial charge in [0.15, 0.2) is 0 Å². The summed E-state index contributed by atoms with van der Waals surface area (Å²) in [5, 5.41) is 2.43. The van der Waals surface area contributed by atoms with E-state index in [1.807, 2.05) is 0 Å². The number of methoxy groups -OCH3 is 1. The molecule has 0 aromatic carbocycles. The number of hydrogen-bond donors (Lipinski definition) is 2. The van der Waals surface area contributed by atoms with Gasteiger partial charge in [-0.05, 0) is 7.05 Å². The topological polar surface area (TPSA) is 93.7 Å². The zero-order valence-corrected chi connectivity index (χ0v) is 10.3. The maximum absolute atomic E-state index is 11.1. The molecule has 0 aliphatic heterocycles. The minimum atomic E-state index is -3.27. The zero-order valence-electron chi connectivity index (χ0n) is 9.49. The Balaban J connectivity index is 3.51. The van der Waals surface area contributed by atoms with Gasteiger partial charge in [0, 0.05) is 13.7 Å². The summed E-state index contributed by atoms with van der Waals surface area (Å²) in [5.74, 6) is -0.491. The maximum Gasteiger partial charge on any atom is 0.246 e. The molecule has 0 heterocycles. The minimum absolute atomic E-state index is 0.0651. The normalized spacial score (nSPS) is 11.4. The van der Waals surface area contributed by atoms with E-state index in [-0.39, 0.29) is 24.8 Å². The molecule has 0 aromatic heterocycles. The number of nitrogens with one attached hydrogen (secondary N) is 2. The molecule has 16 heavy (non-hydrogen) atoms. The van der Waals surface area contributed by atoms with E-state index in [1.165, 1.54) is 14.2 Å². The monoisotopic (exact) mass is 254 g/mol. The predicted molar refractivity (Wildman–Crippen MR) is 58.6 cm³/mol. The lowest BCUT2D eigenvalue weighted by molar-refractivity contribution is -0.125. The molecule has 0 rings (SSSR count). The van der Waals surface area contributed by atoms with Crippen LogP contribution in [0, 0.1) is 0 Å². The SMILES string of the molecule is CNS(=O)(=O)CCNC(=O)COCCOC. The van der Waals surface area contributed by atoms with Crippen molar-refractivity contribution in [1.29, 1.82) is 0 Å². The summed E-state index contributed by atoms with van der Waals surface area (Å²) in [7, 11) is -0.412. The molecule has 96 valence electrons. The molecule has 0 aromatic rings. The smallest absolute Gasteiger partial charge is 0.246 e. The van der Waals surface area contributed by atoms with Gasteiger partial charge in [0.25, 0.3) is 0 Å². The first kappa shape index (κ1) is 15.3. The lowest BCUT2D eigenvalue weighted by Crippen LogP contribution is -2.35. The van der Waals surface area contributed by atoms with Gasteiger partial charge < -0.3 is 14.8 Å². The van der Waals surface area contributed by atoms with Crippen molar-refractivity contribution >= 4 is 15.9 Å². The van der Waals surface area contributed by atoms with Crippen LogP contribution in [-0.4, -0.2) is 60.6 Å². The van der Waals surface area contributed by atoms with Crippen molar-refractivity contribution in [3.8, 4) is 0 Å². The van der Waals surface area contributed by atoms with E-state index >= 15 is 0 Å². The summed E-state index contributed by atoms with van der Waals surface area (Å²) in [4.78, 5) is 11.1. The molecule has 0 spiro atoms. The molecule has 2 N–H and O–H groups in total. The highest BCUT2D eigenvalue weighted by Crippen LogP contribution is 1.81. The molecule has 1 amide bonds. The minimum Gasteiger partial charge on any atom is -0.382 e. The number of sulfonamides is 1. The third-order valence-corrected chi connectivity index (χ3v) is 3.03. The van der Waals surface area contributed by atoms with Crippen LogP contribution >= 0.6 is 0 Å². The molecule has 0 unspecified atom stereocenters. The first-order valence-electron chi connectivity index (χ1n) is 4.76. The Bertz CT molecular complexity index is 291. The van der Waals surface area contributed by atoms with Crippen LogP contribution in [0.4, 0.5) is 0 Å². The first-order valence-corrected chi connectivity index (χ1v) is 6.41. The Morgan fingerprint density at radius 2 is 2.00 bits per heavy atom. The Morgan fingerprint density at radius 3 is 2.56 bits per heavy atom. The van der Waals surface area contributed by atoms with Gasteiger partial charge in [-0.15, -0.1) is 0 Å². The van der Waals surface area contributed by atoms with Gasteiger partial charge in [-0.25, -0.2) is 13.1 Å². The first-order chi connectivity index (χ1) is 7.52. The number of rotatable bonds is 9. The van der Waals surface area contributed by atoms with Crippen molar-refractivity contribution in [1.82, 2.24) is 10.0 Å². The Kier molecular flexibility index (Phi) is 8.08. The van der Waals surface area contributed by atoms with Crippen LogP contribution in [0.2, 0.25) is 0 Å². The average molecular weight is 254 g/mol. The fraction of sp³-hybridized carbons (Fsp3) is 0.875. The fourth-order valence-corrected chi connectivity index (χ4v) is 1.36. The summed E-state index contributed by atoms with van der Waals surface area (Å²) in [6.45, 7) is 0.721. The summed E-state index contributed by atoms with van der Waals surface area (Å²) in [6.07, 6.45) is 0. The molecule has 0 aliphatic rings. The molecule has 0 fully saturated rings. The van der Waals surface area contributed by atoms with E-state index in [2.05, 4.69) is 10.0 Å². The van der Waals surface area contributed by atoms with Gasteiger partial charge in [-0.2, -0.15) is 0 Å². The fourth-order valence-electron chi connectivity index (χ4n) is 0.785. The summed E-state index contributed by atoms with van der Waals surface area (Å²) in [5.41, 5.74) is 0. The summed E-state index contributed by atoms with van der Waals surface area (Å²) >= 11 is 0. The van der Waals surface area contributed by atoms with Gasteiger partial charge in [-0.3, -0.25) is 4.79 Å². The number of hydrogen-bond acceptors (Lipinski definition) is 5. The second-order valence-electron chi connectivity index (χ2n) is 2.92. The second kappa shape index (κ2) is 8.45.